The molecule has 7 amide bonds. The minimum atomic E-state index is -0.643. The van der Waals surface area contributed by atoms with Gasteiger partial charge < -0.3 is 15.1 Å². The quantitative estimate of drug-likeness (QED) is 0.0225. The molecule has 6 N–H and O–H groups in total. The normalized spacial score (nSPS) is 10.2. The summed E-state index contributed by atoms with van der Waals surface area (Å²) in [6.07, 6.45) is 7.69. The van der Waals surface area contributed by atoms with Crippen molar-refractivity contribution in [3.05, 3.63) is 225 Å². The average Bonchev–Trinajstić information content (AvgIpc) is 3.42. The molecule has 0 aliphatic heterocycles. The van der Waals surface area contributed by atoms with Gasteiger partial charge in [-0.1, -0.05) is 139 Å². The van der Waals surface area contributed by atoms with E-state index in [1.54, 1.807) is 96.9 Å². The lowest BCUT2D eigenvalue weighted by molar-refractivity contribution is -0.124. The monoisotopic (exact) mass is 1030 g/mol. The third-order valence-electron chi connectivity index (χ3n) is 9.93. The molecule has 0 fully saturated rings. The zero-order chi connectivity index (χ0) is 51.8. The first-order chi connectivity index (χ1) is 34.4. The number of hydrogen-bond acceptors (Lipinski definition) is 8. The fourth-order valence-corrected chi connectivity index (χ4v) is 6.44. The van der Waals surface area contributed by atoms with Gasteiger partial charge in [0.25, 0.3) is 23.6 Å². The van der Waals surface area contributed by atoms with Crippen molar-refractivity contribution < 1.29 is 43.6 Å². The van der Waals surface area contributed by atoms with Gasteiger partial charge in [-0.25, -0.2) is 20.1 Å². The Hall–Kier alpha value is -8.05. The summed E-state index contributed by atoms with van der Waals surface area (Å²) in [5.74, 6) is -2.10. The topological polar surface area (TPSA) is 197 Å². The number of nitrogens with zero attached hydrogens (tertiary/aromatic N) is 2. The second-order valence-electron chi connectivity index (χ2n) is 14.9. The van der Waals surface area contributed by atoms with Gasteiger partial charge in [0.05, 0.1) is 0 Å². The van der Waals surface area contributed by atoms with Crippen LogP contribution in [0.4, 0.5) is 9.18 Å². The van der Waals surface area contributed by atoms with Crippen molar-refractivity contribution >= 4 is 64.2 Å². The van der Waals surface area contributed by atoms with Crippen molar-refractivity contribution in [1.29, 1.82) is 0 Å². The molecule has 0 radical (unpaired) electrons. The van der Waals surface area contributed by atoms with E-state index in [4.69, 9.17) is 10.4 Å². The molecule has 6 aromatic carbocycles. The zero-order valence-electron chi connectivity index (χ0n) is 39.6. The van der Waals surface area contributed by atoms with Crippen LogP contribution in [-0.4, -0.2) is 76.4 Å². The summed E-state index contributed by atoms with van der Waals surface area (Å²) in [6, 6.07) is 45.8. The van der Waals surface area contributed by atoms with Gasteiger partial charge in [0.2, 0.25) is 6.41 Å². The highest BCUT2D eigenvalue weighted by Gasteiger charge is 2.18. The third kappa shape index (κ3) is 22.3. The number of rotatable bonds is 17. The summed E-state index contributed by atoms with van der Waals surface area (Å²) in [5.41, 5.74) is 9.54. The Labute approximate surface area is 422 Å². The SMILES string of the molecule is CC.CNC(=O)c1ccccc1.O=C(/C=C/c1ccc(CN(CCc2ccc(F)cc2)C(=O)NC(=O)c2ccccc2)cc1)NO.O=CN(CCc1ccc(Br)cc1)Cc1ccc(/C=C/C(=O)NO)cc1. The van der Waals surface area contributed by atoms with Crippen molar-refractivity contribution in [1.82, 2.24) is 31.4 Å². The highest BCUT2D eigenvalue weighted by atomic mass is 79.9. The van der Waals surface area contributed by atoms with Crippen molar-refractivity contribution in [3.63, 3.8) is 0 Å². The first-order valence-corrected chi connectivity index (χ1v) is 23.2. The van der Waals surface area contributed by atoms with Crippen molar-refractivity contribution in [2.75, 3.05) is 20.1 Å². The van der Waals surface area contributed by atoms with Gasteiger partial charge in [-0.15, -0.1) is 0 Å². The van der Waals surface area contributed by atoms with Crippen LogP contribution >= 0.6 is 15.9 Å². The highest BCUT2D eigenvalue weighted by molar-refractivity contribution is 9.10. The molecule has 14 nitrogen and oxygen atoms in total. The number of imide groups is 1. The molecule has 6 rings (SSSR count). The number of amides is 7. The molecule has 0 aromatic heterocycles. The summed E-state index contributed by atoms with van der Waals surface area (Å²) in [5, 5.41) is 22.0. The lowest BCUT2D eigenvalue weighted by Crippen LogP contribution is -2.43. The van der Waals surface area contributed by atoms with Gasteiger partial charge in [-0.3, -0.25) is 39.7 Å². The molecule has 0 aliphatic carbocycles. The number of hydrogen-bond donors (Lipinski definition) is 6. The molecular formula is C55H58BrFN6O8. The molecule has 370 valence electrons. The van der Waals surface area contributed by atoms with E-state index in [0.29, 0.717) is 37.2 Å². The first kappa shape index (κ1) is 57.3. The highest BCUT2D eigenvalue weighted by Crippen LogP contribution is 2.14. The predicted molar refractivity (Wildman–Crippen MR) is 276 cm³/mol. The van der Waals surface area contributed by atoms with E-state index in [9.17, 15) is 33.2 Å². The van der Waals surface area contributed by atoms with Crippen molar-refractivity contribution in [2.24, 2.45) is 0 Å². The van der Waals surface area contributed by atoms with Crippen LogP contribution in [-0.2, 0) is 40.3 Å². The first-order valence-electron chi connectivity index (χ1n) is 22.4. The number of carbonyl (C=O) groups excluding carboxylic acids is 6. The molecular weight excluding hydrogens is 972 g/mol. The lowest BCUT2D eigenvalue weighted by Gasteiger charge is -2.23. The molecule has 0 bridgehead atoms. The van der Waals surface area contributed by atoms with Crippen LogP contribution < -0.4 is 21.6 Å². The number of urea groups is 1. The van der Waals surface area contributed by atoms with Crippen LogP contribution in [0.1, 0.15) is 67.9 Å². The van der Waals surface area contributed by atoms with Crippen LogP contribution in [0.15, 0.2) is 174 Å². The smallest absolute Gasteiger partial charge is 0.324 e. The number of carbonyl (C=O) groups is 6. The van der Waals surface area contributed by atoms with Crippen LogP contribution in [0.3, 0.4) is 0 Å². The van der Waals surface area contributed by atoms with E-state index in [2.05, 4.69) is 26.6 Å². The van der Waals surface area contributed by atoms with Gasteiger partial charge in [0, 0.05) is 61.0 Å². The molecule has 71 heavy (non-hydrogen) atoms. The number of hydroxylamine groups is 2. The van der Waals surface area contributed by atoms with E-state index >= 15 is 0 Å². The number of benzene rings is 6. The van der Waals surface area contributed by atoms with E-state index in [1.165, 1.54) is 51.8 Å². The molecule has 0 saturated heterocycles. The van der Waals surface area contributed by atoms with Crippen LogP contribution in [0.5, 0.6) is 0 Å². The zero-order valence-corrected chi connectivity index (χ0v) is 41.2. The maximum atomic E-state index is 13.2. The minimum absolute atomic E-state index is 0.0411. The van der Waals surface area contributed by atoms with E-state index in [-0.39, 0.29) is 18.3 Å². The standard InChI is InChI=1S/C26H24FN3O4.C19H19BrN2O3.C8H9NO.C2H6/c27-23-13-10-20(11-14-23)16-17-30(26(33)28-25(32)22-4-2-1-3-5-22)18-21-8-6-19(7-9-21)12-15-24(31)29-34;20-18-8-5-16(6-9-18)11-12-22(14-23)13-17-3-1-15(2-4-17)7-10-19(24)21-25;1-9-8(10)7-5-3-2-4-6-7;1-2/h1-15,34H,16-18H2,(H,29,31)(H,28,32,33);1-10,14,25H,11-13H2,(H,21,24);2-6H,1H3,(H,9,10);1-2H3/b15-12+;10-7+;;. The Bertz CT molecular complexity index is 2620. The van der Waals surface area contributed by atoms with E-state index in [1.807, 2.05) is 80.6 Å². The average molecular weight is 1030 g/mol. The summed E-state index contributed by atoms with van der Waals surface area (Å²) >= 11 is 3.41. The largest absolute Gasteiger partial charge is 0.355 e. The Morgan fingerprint density at radius 3 is 1.44 bits per heavy atom. The summed E-state index contributed by atoms with van der Waals surface area (Å²) in [7, 11) is 1.62. The Kier molecular flexibility index (Phi) is 26.3. The van der Waals surface area contributed by atoms with Crippen LogP contribution in [0.25, 0.3) is 12.2 Å². The second kappa shape index (κ2) is 32.7. The molecule has 16 heteroatoms. The fraction of sp³-hybridized carbons (Fsp3) is 0.164. The molecule has 0 unspecified atom stereocenters. The van der Waals surface area contributed by atoms with Gasteiger partial charge >= 0.3 is 6.03 Å². The minimum Gasteiger partial charge on any atom is -0.355 e. The maximum absolute atomic E-state index is 13.2. The van der Waals surface area contributed by atoms with Crippen molar-refractivity contribution in [2.45, 2.75) is 39.8 Å². The molecule has 0 atom stereocenters. The Balaban J connectivity index is 0.000000313. The fourth-order valence-electron chi connectivity index (χ4n) is 6.17. The van der Waals surface area contributed by atoms with Gasteiger partial charge in [-0.05, 0) is 107 Å². The van der Waals surface area contributed by atoms with Crippen LogP contribution in [0, 0.1) is 5.82 Å². The molecule has 0 spiro atoms. The second-order valence-corrected chi connectivity index (χ2v) is 15.8. The number of nitrogens with one attached hydrogen (secondary N) is 4. The van der Waals surface area contributed by atoms with Gasteiger partial charge in [-0.2, -0.15) is 0 Å². The molecule has 0 aliphatic rings. The number of halogens is 2. The predicted octanol–water partition coefficient (Wildman–Crippen LogP) is 9.18. The Morgan fingerprint density at radius 2 is 0.986 bits per heavy atom. The third-order valence-corrected chi connectivity index (χ3v) is 10.5. The molecule has 0 saturated carbocycles. The summed E-state index contributed by atoms with van der Waals surface area (Å²) in [6.45, 7) is 5.71. The van der Waals surface area contributed by atoms with Gasteiger partial charge in [0.1, 0.15) is 5.82 Å². The lowest BCUT2D eigenvalue weighted by atomic mass is 10.1. The van der Waals surface area contributed by atoms with E-state index < -0.39 is 23.8 Å². The molecule has 6 aromatic rings. The van der Waals surface area contributed by atoms with E-state index in [0.717, 1.165) is 45.1 Å². The summed E-state index contributed by atoms with van der Waals surface area (Å²) < 4.78 is 14.2. The van der Waals surface area contributed by atoms with Crippen molar-refractivity contribution in [3.8, 4) is 0 Å². The Morgan fingerprint density at radius 1 is 0.563 bits per heavy atom. The molecule has 0 heterocycles. The van der Waals surface area contributed by atoms with Gasteiger partial charge in [0.15, 0.2) is 0 Å². The summed E-state index contributed by atoms with van der Waals surface area (Å²) in [4.78, 5) is 72.9. The maximum Gasteiger partial charge on any atom is 0.324 e. The van der Waals surface area contributed by atoms with Crippen LogP contribution in [0.2, 0.25) is 0 Å².